The number of nitrogens with one attached hydrogen (secondary N) is 1. The summed E-state index contributed by atoms with van der Waals surface area (Å²) in [6, 6.07) is 0. The largest absolute Gasteiger partial charge is 0.356 e. The van der Waals surface area contributed by atoms with E-state index in [1.165, 1.54) is 0 Å². The van der Waals surface area contributed by atoms with Gasteiger partial charge in [0.15, 0.2) is 5.96 Å². The van der Waals surface area contributed by atoms with Crippen LogP contribution >= 0.6 is 24.0 Å². The lowest BCUT2D eigenvalue weighted by Gasteiger charge is -2.36. The Hall–Kier alpha value is -1.32. The zero-order valence-electron chi connectivity index (χ0n) is 16.8. The molecular formula is C18H33IN6O. The monoisotopic (exact) mass is 476 g/mol. The highest BCUT2D eigenvalue weighted by molar-refractivity contribution is 14.0. The quantitative estimate of drug-likeness (QED) is 0.403. The standard InChI is InChI=1S/C18H32N6O.HI/c1-14(2)9-18(3,4)13-20-17(19-5)23-7-8-24(16(25)12-23)15-10-21-22(6)11-15;/h10-11,14H,7-9,12-13H2,1-6H3,(H,19,20);1H. The van der Waals surface area contributed by atoms with Crippen molar-refractivity contribution in [3.8, 4) is 0 Å². The first-order valence-electron chi connectivity index (χ1n) is 8.96. The SMILES string of the molecule is CN=C(NCC(C)(C)CC(C)C)N1CCN(c2cnn(C)c2)C(=O)C1.I. The van der Waals surface area contributed by atoms with Gasteiger partial charge in [-0.05, 0) is 17.8 Å². The third-order valence-corrected chi connectivity index (χ3v) is 4.42. The lowest BCUT2D eigenvalue weighted by atomic mass is 9.84. The molecule has 26 heavy (non-hydrogen) atoms. The maximum Gasteiger partial charge on any atom is 0.246 e. The summed E-state index contributed by atoms with van der Waals surface area (Å²) < 4.78 is 1.71. The van der Waals surface area contributed by atoms with Gasteiger partial charge in [0.05, 0.1) is 11.9 Å². The van der Waals surface area contributed by atoms with Crippen molar-refractivity contribution in [2.75, 3.05) is 38.1 Å². The van der Waals surface area contributed by atoms with Crippen LogP contribution in [0.25, 0.3) is 0 Å². The molecule has 1 N–H and O–H groups in total. The maximum atomic E-state index is 12.5. The van der Waals surface area contributed by atoms with Crippen molar-refractivity contribution in [2.45, 2.75) is 34.1 Å². The Bertz CT molecular complexity index is 625. The number of aliphatic imine (C=N–C) groups is 1. The van der Waals surface area contributed by atoms with Gasteiger partial charge in [-0.1, -0.05) is 27.7 Å². The fourth-order valence-corrected chi connectivity index (χ4v) is 3.50. The second-order valence-corrected chi connectivity index (χ2v) is 8.00. The van der Waals surface area contributed by atoms with Crippen LogP contribution < -0.4 is 10.2 Å². The molecule has 148 valence electrons. The Morgan fingerprint density at radius 1 is 1.38 bits per heavy atom. The highest BCUT2D eigenvalue weighted by Crippen LogP contribution is 2.24. The predicted octanol–water partition coefficient (Wildman–Crippen LogP) is 2.33. The fraction of sp³-hybridized carbons (Fsp3) is 0.722. The number of aryl methyl sites for hydroxylation is 1. The molecule has 0 unspecified atom stereocenters. The molecule has 1 aliphatic rings. The van der Waals surface area contributed by atoms with Crippen molar-refractivity contribution in [1.29, 1.82) is 0 Å². The average molecular weight is 476 g/mol. The van der Waals surface area contributed by atoms with E-state index in [4.69, 9.17) is 0 Å². The minimum Gasteiger partial charge on any atom is -0.356 e. The third kappa shape index (κ3) is 6.14. The molecule has 1 amide bonds. The zero-order valence-corrected chi connectivity index (χ0v) is 19.2. The second-order valence-electron chi connectivity index (χ2n) is 8.00. The van der Waals surface area contributed by atoms with Crippen LogP contribution in [0.1, 0.15) is 34.1 Å². The zero-order chi connectivity index (χ0) is 18.6. The van der Waals surface area contributed by atoms with Crippen LogP contribution in [-0.2, 0) is 11.8 Å². The van der Waals surface area contributed by atoms with E-state index in [0.717, 1.165) is 31.2 Å². The van der Waals surface area contributed by atoms with Gasteiger partial charge in [-0.25, -0.2) is 0 Å². The van der Waals surface area contributed by atoms with Gasteiger partial charge in [0, 0.05) is 39.9 Å². The molecule has 1 fully saturated rings. The van der Waals surface area contributed by atoms with Gasteiger partial charge in [-0.2, -0.15) is 5.10 Å². The highest BCUT2D eigenvalue weighted by atomic mass is 127. The molecule has 1 aromatic rings. The molecule has 1 saturated heterocycles. The first-order chi connectivity index (χ1) is 11.7. The molecule has 0 aromatic carbocycles. The number of carbonyl (C=O) groups is 1. The Labute approximate surface area is 174 Å². The van der Waals surface area contributed by atoms with Crippen LogP contribution in [0.2, 0.25) is 0 Å². The summed E-state index contributed by atoms with van der Waals surface area (Å²) in [6.45, 7) is 11.6. The van der Waals surface area contributed by atoms with Gasteiger partial charge in [-0.3, -0.25) is 14.5 Å². The lowest BCUT2D eigenvalue weighted by molar-refractivity contribution is -0.120. The molecule has 0 spiro atoms. The Morgan fingerprint density at radius 2 is 2.08 bits per heavy atom. The second kappa shape index (κ2) is 9.57. The van der Waals surface area contributed by atoms with Crippen LogP contribution in [0.4, 0.5) is 5.69 Å². The maximum absolute atomic E-state index is 12.5. The third-order valence-electron chi connectivity index (χ3n) is 4.42. The van der Waals surface area contributed by atoms with Crippen LogP contribution in [0.15, 0.2) is 17.4 Å². The number of hydrogen-bond acceptors (Lipinski definition) is 3. The van der Waals surface area contributed by atoms with Crippen molar-refractivity contribution >= 4 is 41.5 Å². The minimum atomic E-state index is 0. The molecule has 2 rings (SSSR count). The molecule has 0 bridgehead atoms. The average Bonchev–Trinajstić information content (AvgIpc) is 2.93. The number of aromatic nitrogens is 2. The van der Waals surface area contributed by atoms with Crippen LogP contribution in [0.5, 0.6) is 0 Å². The summed E-state index contributed by atoms with van der Waals surface area (Å²) >= 11 is 0. The summed E-state index contributed by atoms with van der Waals surface area (Å²) in [6.07, 6.45) is 4.74. The van der Waals surface area contributed by atoms with Crippen molar-refractivity contribution < 1.29 is 4.79 Å². The Balaban J connectivity index is 0.00000338. The first-order valence-corrected chi connectivity index (χ1v) is 8.96. The molecule has 7 nitrogen and oxygen atoms in total. The molecule has 0 saturated carbocycles. The number of nitrogens with zero attached hydrogens (tertiary/aromatic N) is 5. The predicted molar refractivity (Wildman–Crippen MR) is 117 cm³/mol. The number of hydrogen-bond donors (Lipinski definition) is 1. The summed E-state index contributed by atoms with van der Waals surface area (Å²) in [5.41, 5.74) is 1.04. The molecule has 2 heterocycles. The van der Waals surface area contributed by atoms with Crippen LogP contribution in [0.3, 0.4) is 0 Å². The summed E-state index contributed by atoms with van der Waals surface area (Å²) in [4.78, 5) is 20.7. The summed E-state index contributed by atoms with van der Waals surface area (Å²) in [5, 5.41) is 7.60. The number of guanidine groups is 1. The summed E-state index contributed by atoms with van der Waals surface area (Å²) in [5.74, 6) is 1.53. The number of rotatable bonds is 5. The van der Waals surface area contributed by atoms with E-state index in [0.29, 0.717) is 19.0 Å². The van der Waals surface area contributed by atoms with E-state index in [2.05, 4.69) is 43.1 Å². The molecule has 8 heteroatoms. The van der Waals surface area contributed by atoms with Gasteiger partial charge in [-0.15, -0.1) is 24.0 Å². The Morgan fingerprint density at radius 3 is 2.58 bits per heavy atom. The molecule has 0 atom stereocenters. The van der Waals surface area contributed by atoms with E-state index in [1.54, 1.807) is 22.8 Å². The van der Waals surface area contributed by atoms with E-state index in [1.807, 2.05) is 18.1 Å². The van der Waals surface area contributed by atoms with E-state index >= 15 is 0 Å². The minimum absolute atomic E-state index is 0. The van der Waals surface area contributed by atoms with E-state index in [9.17, 15) is 4.79 Å². The molecule has 1 aliphatic heterocycles. The number of carbonyl (C=O) groups excluding carboxylic acids is 1. The first kappa shape index (κ1) is 22.7. The number of halogens is 1. The fourth-order valence-electron chi connectivity index (χ4n) is 3.50. The van der Waals surface area contributed by atoms with Crippen molar-refractivity contribution in [2.24, 2.45) is 23.4 Å². The number of amides is 1. The van der Waals surface area contributed by atoms with Crippen molar-refractivity contribution in [1.82, 2.24) is 20.0 Å². The van der Waals surface area contributed by atoms with Gasteiger partial charge in [0.1, 0.15) is 6.54 Å². The smallest absolute Gasteiger partial charge is 0.246 e. The molecular weight excluding hydrogens is 443 g/mol. The van der Waals surface area contributed by atoms with Gasteiger partial charge in [0.25, 0.3) is 0 Å². The van der Waals surface area contributed by atoms with E-state index in [-0.39, 0.29) is 35.3 Å². The molecule has 0 aliphatic carbocycles. The highest BCUT2D eigenvalue weighted by Gasteiger charge is 2.28. The molecule has 0 radical (unpaired) electrons. The topological polar surface area (TPSA) is 65.8 Å². The van der Waals surface area contributed by atoms with Crippen molar-refractivity contribution in [3.05, 3.63) is 12.4 Å². The summed E-state index contributed by atoms with van der Waals surface area (Å²) in [7, 11) is 3.63. The van der Waals surface area contributed by atoms with E-state index < -0.39 is 0 Å². The van der Waals surface area contributed by atoms with Crippen LogP contribution in [-0.4, -0.2) is 59.8 Å². The van der Waals surface area contributed by atoms with Crippen molar-refractivity contribution in [3.63, 3.8) is 0 Å². The number of anilines is 1. The van der Waals surface area contributed by atoms with Gasteiger partial charge in [0.2, 0.25) is 5.91 Å². The molecule has 1 aromatic heterocycles. The van der Waals surface area contributed by atoms with Gasteiger partial charge >= 0.3 is 0 Å². The Kier molecular flexibility index (Phi) is 8.36. The lowest BCUT2D eigenvalue weighted by Crippen LogP contribution is -2.56. The number of piperazine rings is 1. The van der Waals surface area contributed by atoms with Crippen LogP contribution in [0, 0.1) is 11.3 Å². The van der Waals surface area contributed by atoms with Gasteiger partial charge < -0.3 is 15.1 Å². The normalized spacial score (nSPS) is 16.1.